The number of amides is 3. The van der Waals surface area contributed by atoms with Gasteiger partial charge in [0.1, 0.15) is 0 Å². The van der Waals surface area contributed by atoms with Crippen LogP contribution in [0, 0.1) is 0 Å². The third-order valence-corrected chi connectivity index (χ3v) is 5.20. The minimum Gasteiger partial charge on any atom is -0.454 e. The molecule has 1 N–H and O–H groups in total. The molecule has 2 heterocycles. The summed E-state index contributed by atoms with van der Waals surface area (Å²) in [6.45, 7) is 0.540. The molecule has 10 nitrogen and oxygen atoms in total. The van der Waals surface area contributed by atoms with Gasteiger partial charge in [0.2, 0.25) is 6.79 Å². The van der Waals surface area contributed by atoms with Crippen molar-refractivity contribution in [2.45, 2.75) is 13.0 Å². The quantitative estimate of drug-likeness (QED) is 0.344. The number of methoxy groups -OCH3 is 1. The lowest BCUT2D eigenvalue weighted by molar-refractivity contribution is -0.124. The van der Waals surface area contributed by atoms with E-state index in [1.807, 2.05) is 0 Å². The van der Waals surface area contributed by atoms with Crippen LogP contribution in [0.5, 0.6) is 11.5 Å². The summed E-state index contributed by atoms with van der Waals surface area (Å²) in [6, 6.07) is 9.44. The molecule has 0 bridgehead atoms. The lowest BCUT2D eigenvalue weighted by Gasteiger charge is -2.12. The van der Waals surface area contributed by atoms with Crippen molar-refractivity contribution in [3.8, 4) is 11.5 Å². The molecule has 0 radical (unpaired) electrons. The van der Waals surface area contributed by atoms with E-state index in [0.29, 0.717) is 24.5 Å². The van der Waals surface area contributed by atoms with Crippen molar-refractivity contribution < 1.29 is 38.1 Å². The Hall–Kier alpha value is -3.92. The number of imide groups is 1. The molecule has 0 fully saturated rings. The van der Waals surface area contributed by atoms with Gasteiger partial charge in [-0.2, -0.15) is 0 Å². The first-order chi connectivity index (χ1) is 16.0. The van der Waals surface area contributed by atoms with Crippen molar-refractivity contribution in [1.82, 2.24) is 10.2 Å². The summed E-state index contributed by atoms with van der Waals surface area (Å²) in [6.07, 6.45) is 0.512. The van der Waals surface area contributed by atoms with Crippen molar-refractivity contribution in [1.29, 1.82) is 0 Å². The number of ether oxygens (including phenoxy) is 4. The fraction of sp³-hybridized carbons (Fsp3) is 0.304. The molecule has 2 aromatic carbocycles. The fourth-order valence-corrected chi connectivity index (χ4v) is 3.50. The molecule has 10 heteroatoms. The van der Waals surface area contributed by atoms with Gasteiger partial charge < -0.3 is 24.3 Å². The van der Waals surface area contributed by atoms with Gasteiger partial charge in [-0.1, -0.05) is 6.07 Å². The molecule has 2 aliphatic heterocycles. The van der Waals surface area contributed by atoms with E-state index in [9.17, 15) is 19.2 Å². The first-order valence-corrected chi connectivity index (χ1v) is 10.3. The van der Waals surface area contributed by atoms with Crippen LogP contribution in [0.25, 0.3) is 0 Å². The topological polar surface area (TPSA) is 120 Å². The second-order valence-corrected chi connectivity index (χ2v) is 7.41. The van der Waals surface area contributed by atoms with E-state index in [1.54, 1.807) is 18.2 Å². The Morgan fingerprint density at radius 1 is 1.03 bits per heavy atom. The number of nitrogens with one attached hydrogen (secondary N) is 1. The Labute approximate surface area is 189 Å². The zero-order valence-corrected chi connectivity index (χ0v) is 17.9. The van der Waals surface area contributed by atoms with Crippen LogP contribution in [0.3, 0.4) is 0 Å². The molecule has 0 atom stereocenters. The average molecular weight is 454 g/mol. The molecule has 0 aromatic heterocycles. The van der Waals surface area contributed by atoms with E-state index in [4.69, 9.17) is 18.9 Å². The summed E-state index contributed by atoms with van der Waals surface area (Å²) in [5.74, 6) is -0.885. The predicted molar refractivity (Wildman–Crippen MR) is 113 cm³/mol. The number of esters is 1. The third-order valence-electron chi connectivity index (χ3n) is 5.20. The molecule has 0 aliphatic carbocycles. The molecular formula is C23H22N2O8. The van der Waals surface area contributed by atoms with Crippen molar-refractivity contribution in [2.75, 3.05) is 33.7 Å². The number of fused-ring (bicyclic) bond motifs is 2. The van der Waals surface area contributed by atoms with Gasteiger partial charge in [0.05, 0.1) is 16.7 Å². The Morgan fingerprint density at radius 2 is 1.82 bits per heavy atom. The zero-order valence-electron chi connectivity index (χ0n) is 17.9. The van der Waals surface area contributed by atoms with Crippen molar-refractivity contribution in [3.05, 3.63) is 58.7 Å². The minimum atomic E-state index is -0.769. The lowest BCUT2D eigenvalue weighted by atomic mass is 10.1. The molecular weight excluding hydrogens is 432 g/mol. The number of rotatable bonds is 9. The SMILES string of the molecule is COCCCN1C(=O)c2ccc(C(=O)OCC(=O)NCc3ccc4c(c3)OCO4)cc2C1=O. The van der Waals surface area contributed by atoms with E-state index in [2.05, 4.69) is 5.32 Å². The van der Waals surface area contributed by atoms with Gasteiger partial charge >= 0.3 is 5.97 Å². The summed E-state index contributed by atoms with van der Waals surface area (Å²) in [7, 11) is 1.54. The van der Waals surface area contributed by atoms with Gasteiger partial charge in [-0.3, -0.25) is 19.3 Å². The Kier molecular flexibility index (Phi) is 6.55. The number of nitrogens with zero attached hydrogens (tertiary/aromatic N) is 1. The molecule has 0 saturated carbocycles. The smallest absolute Gasteiger partial charge is 0.338 e. The maximum atomic E-state index is 12.6. The third kappa shape index (κ3) is 4.80. The molecule has 0 spiro atoms. The number of benzene rings is 2. The number of carbonyl (C=O) groups excluding carboxylic acids is 4. The second-order valence-electron chi connectivity index (χ2n) is 7.41. The molecule has 33 heavy (non-hydrogen) atoms. The number of hydrogen-bond donors (Lipinski definition) is 1. The molecule has 3 amide bonds. The Morgan fingerprint density at radius 3 is 2.64 bits per heavy atom. The average Bonchev–Trinajstić information content (AvgIpc) is 3.39. The highest BCUT2D eigenvalue weighted by atomic mass is 16.7. The van der Waals surface area contributed by atoms with Gasteiger partial charge in [-0.25, -0.2) is 4.79 Å². The van der Waals surface area contributed by atoms with Crippen molar-refractivity contribution in [3.63, 3.8) is 0 Å². The first-order valence-electron chi connectivity index (χ1n) is 10.3. The molecule has 2 aliphatic rings. The molecule has 0 saturated heterocycles. The summed E-state index contributed by atoms with van der Waals surface area (Å²) in [4.78, 5) is 50.6. The van der Waals surface area contributed by atoms with E-state index in [0.717, 1.165) is 10.5 Å². The Bertz CT molecular complexity index is 1110. The highest BCUT2D eigenvalue weighted by molar-refractivity contribution is 6.22. The largest absolute Gasteiger partial charge is 0.454 e. The number of carbonyl (C=O) groups is 4. The van der Waals surface area contributed by atoms with E-state index in [-0.39, 0.29) is 36.6 Å². The summed E-state index contributed by atoms with van der Waals surface area (Å²) in [5, 5.41) is 2.65. The van der Waals surface area contributed by atoms with Crippen LogP contribution < -0.4 is 14.8 Å². The van der Waals surface area contributed by atoms with Crippen molar-refractivity contribution >= 4 is 23.7 Å². The summed E-state index contributed by atoms with van der Waals surface area (Å²) in [5.41, 5.74) is 1.25. The first kappa shape index (κ1) is 22.3. The lowest BCUT2D eigenvalue weighted by Crippen LogP contribution is -2.31. The monoisotopic (exact) mass is 454 g/mol. The maximum Gasteiger partial charge on any atom is 0.338 e. The van der Waals surface area contributed by atoms with Crippen LogP contribution in [0.2, 0.25) is 0 Å². The molecule has 172 valence electrons. The normalized spacial score (nSPS) is 13.8. The summed E-state index contributed by atoms with van der Waals surface area (Å²) >= 11 is 0. The standard InChI is InChI=1S/C23H22N2O8/c1-30-8-2-7-25-21(27)16-5-4-15(10-17(16)22(25)28)23(29)31-12-20(26)24-11-14-3-6-18-19(9-14)33-13-32-18/h3-6,9-10H,2,7-8,11-13H2,1H3,(H,24,26). The van der Waals surface area contributed by atoms with Crippen LogP contribution in [0.15, 0.2) is 36.4 Å². The van der Waals surface area contributed by atoms with Gasteiger partial charge in [0, 0.05) is 26.8 Å². The van der Waals surface area contributed by atoms with Gasteiger partial charge in [-0.15, -0.1) is 0 Å². The van der Waals surface area contributed by atoms with Gasteiger partial charge in [0.15, 0.2) is 18.1 Å². The fourth-order valence-electron chi connectivity index (χ4n) is 3.50. The van der Waals surface area contributed by atoms with Crippen LogP contribution in [-0.4, -0.2) is 62.3 Å². The summed E-state index contributed by atoms with van der Waals surface area (Å²) < 4.78 is 20.5. The molecule has 0 unspecified atom stereocenters. The van der Waals surface area contributed by atoms with Crippen LogP contribution in [0.4, 0.5) is 0 Å². The van der Waals surface area contributed by atoms with Crippen molar-refractivity contribution in [2.24, 2.45) is 0 Å². The Balaban J connectivity index is 1.30. The minimum absolute atomic E-state index is 0.0808. The van der Waals surface area contributed by atoms with E-state index >= 15 is 0 Å². The highest BCUT2D eigenvalue weighted by Crippen LogP contribution is 2.32. The number of hydrogen-bond acceptors (Lipinski definition) is 8. The highest BCUT2D eigenvalue weighted by Gasteiger charge is 2.35. The second kappa shape index (κ2) is 9.70. The molecule has 2 aromatic rings. The van der Waals surface area contributed by atoms with E-state index in [1.165, 1.54) is 25.3 Å². The van der Waals surface area contributed by atoms with Gasteiger partial charge in [0.25, 0.3) is 17.7 Å². The van der Waals surface area contributed by atoms with E-state index < -0.39 is 30.3 Å². The van der Waals surface area contributed by atoms with Crippen LogP contribution in [0.1, 0.15) is 43.1 Å². The maximum absolute atomic E-state index is 12.6. The molecule has 4 rings (SSSR count). The van der Waals surface area contributed by atoms with Gasteiger partial charge in [-0.05, 0) is 42.3 Å². The van der Waals surface area contributed by atoms with Crippen LogP contribution in [-0.2, 0) is 20.8 Å². The zero-order chi connectivity index (χ0) is 23.4. The van der Waals surface area contributed by atoms with Crippen LogP contribution >= 0.6 is 0 Å². The predicted octanol–water partition coefficient (Wildman–Crippen LogP) is 1.52.